The lowest BCUT2D eigenvalue weighted by atomic mass is 10.0. The molecule has 2 aliphatic carbocycles. The van der Waals surface area contributed by atoms with Crippen LogP contribution in [0.1, 0.15) is 25.1 Å². The molecule has 3 atom stereocenters. The van der Waals surface area contributed by atoms with Crippen LogP contribution in [-0.2, 0) is 13.5 Å². The lowest BCUT2D eigenvalue weighted by molar-refractivity contribution is 0.473. The molecule has 2 aliphatic rings. The molecule has 82 valence electrons. The molecule has 0 bridgehead atoms. The molecule has 15 heavy (non-hydrogen) atoms. The fourth-order valence-corrected chi connectivity index (χ4v) is 3.45. The van der Waals surface area contributed by atoms with E-state index in [0.717, 1.165) is 30.0 Å². The molecule has 2 saturated carbocycles. The summed E-state index contributed by atoms with van der Waals surface area (Å²) in [4.78, 5) is 4.34. The number of hydrogen-bond donors (Lipinski definition) is 1. The number of aromatic nitrogens is 2. The van der Waals surface area contributed by atoms with Gasteiger partial charge in [0, 0.05) is 31.9 Å². The second-order valence-electron chi connectivity index (χ2n) is 5.16. The average Bonchev–Trinajstić information content (AvgIpc) is 2.60. The van der Waals surface area contributed by atoms with Crippen molar-refractivity contribution in [2.24, 2.45) is 30.5 Å². The number of hydrogen-bond acceptors (Lipinski definition) is 2. The highest BCUT2D eigenvalue weighted by molar-refractivity contribution is 5.08. The summed E-state index contributed by atoms with van der Waals surface area (Å²) in [6, 6.07) is 0.335. The van der Waals surface area contributed by atoms with E-state index in [4.69, 9.17) is 5.73 Å². The van der Waals surface area contributed by atoms with Crippen LogP contribution in [0.3, 0.4) is 0 Å². The van der Waals surface area contributed by atoms with Gasteiger partial charge in [0.1, 0.15) is 5.82 Å². The quantitative estimate of drug-likeness (QED) is 0.809. The Bertz CT molecular complexity index is 348. The summed E-state index contributed by atoms with van der Waals surface area (Å²) in [5, 5.41) is 0. The first kappa shape index (κ1) is 9.40. The molecule has 1 heterocycles. The van der Waals surface area contributed by atoms with Gasteiger partial charge in [-0.3, -0.25) is 0 Å². The van der Waals surface area contributed by atoms with Gasteiger partial charge in [-0.15, -0.1) is 0 Å². The third kappa shape index (κ3) is 1.49. The van der Waals surface area contributed by atoms with Crippen LogP contribution in [-0.4, -0.2) is 15.6 Å². The topological polar surface area (TPSA) is 43.8 Å². The molecule has 0 radical (unpaired) electrons. The van der Waals surface area contributed by atoms with Crippen molar-refractivity contribution in [1.29, 1.82) is 0 Å². The van der Waals surface area contributed by atoms with Crippen molar-refractivity contribution in [3.8, 4) is 0 Å². The lowest BCUT2D eigenvalue weighted by Gasteiger charge is -2.13. The van der Waals surface area contributed by atoms with Crippen molar-refractivity contribution in [2.45, 2.75) is 31.7 Å². The third-order valence-corrected chi connectivity index (χ3v) is 4.31. The number of nitrogens with zero attached hydrogens (tertiary/aromatic N) is 2. The Kier molecular flexibility index (Phi) is 2.09. The molecule has 3 rings (SSSR count). The van der Waals surface area contributed by atoms with Crippen LogP contribution in [0.4, 0.5) is 0 Å². The van der Waals surface area contributed by atoms with E-state index in [1.54, 1.807) is 0 Å². The van der Waals surface area contributed by atoms with Gasteiger partial charge >= 0.3 is 0 Å². The van der Waals surface area contributed by atoms with E-state index in [1.807, 2.05) is 19.4 Å². The number of nitrogens with two attached hydrogens (primary N) is 1. The van der Waals surface area contributed by atoms with Crippen molar-refractivity contribution in [3.63, 3.8) is 0 Å². The van der Waals surface area contributed by atoms with Crippen molar-refractivity contribution in [2.75, 3.05) is 0 Å². The van der Waals surface area contributed by atoms with Gasteiger partial charge in [-0.2, -0.15) is 0 Å². The van der Waals surface area contributed by atoms with Gasteiger partial charge in [0.15, 0.2) is 0 Å². The molecule has 1 aromatic rings. The molecule has 2 N–H and O–H groups in total. The van der Waals surface area contributed by atoms with Gasteiger partial charge in [-0.25, -0.2) is 4.98 Å². The number of imidazole rings is 1. The molecular formula is C12H19N3. The summed E-state index contributed by atoms with van der Waals surface area (Å²) < 4.78 is 2.08. The van der Waals surface area contributed by atoms with E-state index in [0.29, 0.717) is 6.04 Å². The van der Waals surface area contributed by atoms with E-state index in [1.165, 1.54) is 19.3 Å². The van der Waals surface area contributed by atoms with Crippen molar-refractivity contribution >= 4 is 0 Å². The lowest BCUT2D eigenvalue weighted by Crippen LogP contribution is -2.28. The van der Waals surface area contributed by atoms with Crippen LogP contribution in [0.2, 0.25) is 0 Å². The number of rotatable bonds is 3. The van der Waals surface area contributed by atoms with Gasteiger partial charge < -0.3 is 10.3 Å². The predicted molar refractivity (Wildman–Crippen MR) is 59.2 cm³/mol. The Morgan fingerprint density at radius 1 is 1.53 bits per heavy atom. The fourth-order valence-electron chi connectivity index (χ4n) is 3.45. The maximum absolute atomic E-state index is 6.28. The van der Waals surface area contributed by atoms with Crippen LogP contribution in [0.15, 0.2) is 12.4 Å². The van der Waals surface area contributed by atoms with E-state index in [2.05, 4.69) is 9.55 Å². The maximum Gasteiger partial charge on any atom is 0.109 e. The first-order chi connectivity index (χ1) is 7.27. The monoisotopic (exact) mass is 205 g/mol. The highest BCUT2D eigenvalue weighted by Crippen LogP contribution is 2.58. The van der Waals surface area contributed by atoms with Crippen LogP contribution in [0, 0.1) is 17.8 Å². The summed E-state index contributed by atoms with van der Waals surface area (Å²) in [6.45, 7) is 0. The molecule has 3 heteroatoms. The van der Waals surface area contributed by atoms with E-state index in [-0.39, 0.29) is 0 Å². The summed E-state index contributed by atoms with van der Waals surface area (Å²) in [7, 11) is 2.04. The van der Waals surface area contributed by atoms with Gasteiger partial charge in [0.25, 0.3) is 0 Å². The first-order valence-corrected chi connectivity index (χ1v) is 5.99. The Morgan fingerprint density at radius 3 is 2.87 bits per heavy atom. The maximum atomic E-state index is 6.28. The van der Waals surface area contributed by atoms with Crippen LogP contribution in [0.25, 0.3) is 0 Å². The molecule has 1 aromatic heterocycles. The van der Waals surface area contributed by atoms with E-state index >= 15 is 0 Å². The largest absolute Gasteiger partial charge is 0.338 e. The zero-order valence-corrected chi connectivity index (χ0v) is 9.26. The first-order valence-electron chi connectivity index (χ1n) is 5.99. The number of fused-ring (bicyclic) bond motifs is 1. The molecule has 0 saturated heterocycles. The molecule has 0 amide bonds. The molecule has 3 nitrogen and oxygen atoms in total. The summed E-state index contributed by atoms with van der Waals surface area (Å²) in [6.07, 6.45) is 9.07. The SMILES string of the molecule is Cn1ccnc1CC(N)C1C2CCCC21. The molecular weight excluding hydrogens is 186 g/mol. The van der Waals surface area contributed by atoms with Crippen molar-refractivity contribution in [3.05, 3.63) is 18.2 Å². The fraction of sp³-hybridized carbons (Fsp3) is 0.750. The van der Waals surface area contributed by atoms with Crippen molar-refractivity contribution < 1.29 is 0 Å². The zero-order valence-electron chi connectivity index (χ0n) is 9.26. The predicted octanol–water partition coefficient (Wildman–Crippen LogP) is 1.34. The minimum atomic E-state index is 0.335. The second kappa shape index (κ2) is 3.34. The van der Waals surface area contributed by atoms with Crippen LogP contribution in [0.5, 0.6) is 0 Å². The van der Waals surface area contributed by atoms with Gasteiger partial charge in [-0.05, 0) is 30.6 Å². The highest BCUT2D eigenvalue weighted by atomic mass is 15.0. The van der Waals surface area contributed by atoms with Crippen molar-refractivity contribution in [1.82, 2.24) is 9.55 Å². The molecule has 0 aliphatic heterocycles. The van der Waals surface area contributed by atoms with E-state index < -0.39 is 0 Å². The standard InChI is InChI=1S/C12H19N3/c1-15-6-5-14-11(15)7-10(13)12-8-3-2-4-9(8)12/h5-6,8-10,12H,2-4,7,13H2,1H3. The molecule has 3 unspecified atom stereocenters. The Morgan fingerprint density at radius 2 is 2.27 bits per heavy atom. The number of aryl methyl sites for hydroxylation is 1. The normalized spacial score (nSPS) is 35.2. The summed E-state index contributed by atoms with van der Waals surface area (Å²) in [5.41, 5.74) is 6.28. The average molecular weight is 205 g/mol. The summed E-state index contributed by atoms with van der Waals surface area (Å²) >= 11 is 0. The van der Waals surface area contributed by atoms with Crippen LogP contribution < -0.4 is 5.73 Å². The van der Waals surface area contributed by atoms with Gasteiger partial charge in [0.2, 0.25) is 0 Å². The Labute approximate surface area is 90.7 Å². The van der Waals surface area contributed by atoms with Gasteiger partial charge in [-0.1, -0.05) is 6.42 Å². The highest BCUT2D eigenvalue weighted by Gasteiger charge is 2.54. The minimum Gasteiger partial charge on any atom is -0.338 e. The van der Waals surface area contributed by atoms with Crippen LogP contribution >= 0.6 is 0 Å². The second-order valence-corrected chi connectivity index (χ2v) is 5.16. The Hall–Kier alpha value is -0.830. The minimum absolute atomic E-state index is 0.335. The van der Waals surface area contributed by atoms with Gasteiger partial charge in [0.05, 0.1) is 0 Å². The molecule has 0 aromatic carbocycles. The third-order valence-electron chi connectivity index (χ3n) is 4.31. The smallest absolute Gasteiger partial charge is 0.109 e. The molecule has 2 fully saturated rings. The van der Waals surface area contributed by atoms with E-state index in [9.17, 15) is 0 Å². The summed E-state index contributed by atoms with van der Waals surface area (Å²) in [5.74, 6) is 3.85. The Balaban J connectivity index is 1.63. The molecule has 0 spiro atoms. The zero-order chi connectivity index (χ0) is 10.4.